The maximum absolute atomic E-state index is 14.4. The Morgan fingerprint density at radius 3 is 2.05 bits per heavy atom. The van der Waals surface area contributed by atoms with Crippen LogP contribution >= 0.6 is 0 Å². The van der Waals surface area contributed by atoms with Gasteiger partial charge in [-0.25, -0.2) is 4.99 Å². The molecule has 0 saturated carbocycles. The molecule has 0 radical (unpaired) electrons. The number of amides is 4. The van der Waals surface area contributed by atoms with Gasteiger partial charge in [0.2, 0.25) is 23.6 Å². The van der Waals surface area contributed by atoms with Crippen LogP contribution in [0.4, 0.5) is 0 Å². The number of aliphatic imine (C=N–C) groups is 1. The number of carbonyl (C=O) groups excluding carboxylic acids is 4. The topological polar surface area (TPSA) is 213 Å². The molecule has 0 bridgehead atoms. The summed E-state index contributed by atoms with van der Waals surface area (Å²) < 4.78 is 28.5. The Morgan fingerprint density at radius 1 is 0.877 bits per heavy atom. The smallest absolute Gasteiger partial charge is 0.247 e. The van der Waals surface area contributed by atoms with E-state index >= 15 is 0 Å². The minimum Gasteiger partial charge on any atom is -0.379 e. The maximum Gasteiger partial charge on any atom is 0.247 e. The predicted octanol–water partition coefficient (Wildman–Crippen LogP) is 3.61. The number of ether oxygens (including phenoxy) is 5. The number of likely N-dealkylation sites (tertiary alicyclic amines) is 1. The summed E-state index contributed by atoms with van der Waals surface area (Å²) in [5, 5.41) is 9.27. The number of methoxy groups -OCH3 is 2. The summed E-state index contributed by atoms with van der Waals surface area (Å²) in [6.07, 6.45) is 1.13. The van der Waals surface area contributed by atoms with Crippen LogP contribution in [0.3, 0.4) is 0 Å². The molecule has 2 N–H and O–H groups in total. The molecule has 1 aliphatic heterocycles. The van der Waals surface area contributed by atoms with Gasteiger partial charge in [0.15, 0.2) is 5.96 Å². The van der Waals surface area contributed by atoms with E-state index in [-0.39, 0.29) is 68.0 Å². The molecular formula is C46H80N10O9. The van der Waals surface area contributed by atoms with Crippen LogP contribution in [0.2, 0.25) is 0 Å². The second-order valence-corrected chi connectivity index (χ2v) is 17.3. The predicted molar refractivity (Wildman–Crippen MR) is 251 cm³/mol. The first-order valence-electron chi connectivity index (χ1n) is 22.9. The van der Waals surface area contributed by atoms with Gasteiger partial charge in [-0.05, 0) is 35.8 Å². The van der Waals surface area contributed by atoms with E-state index in [1.165, 1.54) is 0 Å². The van der Waals surface area contributed by atoms with Crippen molar-refractivity contribution in [1.82, 2.24) is 30.2 Å². The quantitative estimate of drug-likeness (QED) is 0.0284. The van der Waals surface area contributed by atoms with Crippen molar-refractivity contribution in [2.45, 2.75) is 103 Å². The molecule has 1 heterocycles. The van der Waals surface area contributed by atoms with Crippen molar-refractivity contribution < 1.29 is 42.9 Å². The second-order valence-electron chi connectivity index (χ2n) is 17.3. The summed E-state index contributed by atoms with van der Waals surface area (Å²) in [5.41, 5.74) is 9.17. The Kier molecular flexibility index (Phi) is 26.7. The Morgan fingerprint density at radius 2 is 1.49 bits per heavy atom. The highest BCUT2D eigenvalue weighted by molar-refractivity contribution is 5.89. The summed E-state index contributed by atoms with van der Waals surface area (Å²) in [6, 6.07) is 7.10. The van der Waals surface area contributed by atoms with Crippen molar-refractivity contribution in [3.05, 3.63) is 46.3 Å². The minimum atomic E-state index is -0.883. The van der Waals surface area contributed by atoms with Crippen molar-refractivity contribution in [2.24, 2.45) is 27.9 Å². The van der Waals surface area contributed by atoms with Crippen molar-refractivity contribution in [2.75, 3.05) is 109 Å². The van der Waals surface area contributed by atoms with Gasteiger partial charge in [-0.1, -0.05) is 76.5 Å². The molecule has 0 spiro atoms. The third kappa shape index (κ3) is 18.7. The number of benzene rings is 1. The van der Waals surface area contributed by atoms with E-state index < -0.39 is 42.3 Å². The monoisotopic (exact) mass is 917 g/mol. The van der Waals surface area contributed by atoms with E-state index in [2.05, 4.69) is 34.5 Å². The standard InChI is InChI=1S/C46H80N10O9/c1-13-33(4)41(55(10)45(60)40(32(2)3)51-46(53(6)7)54(8)9)38(61-11)31-39(57)56-23-17-20-37(56)42(62-12)34(5)43(58)50-36(30-35-18-15-14-16-19-35)44(59)48-21-24-63-26-28-65-29-27-64-25-22-49-52-47/h14-16,18-19,32-34,36-38,40-42H,13,17,20-31H2,1-12H3,(H,48,59)(H,50,58)/t33?,34?,36?,37-,38?,40?,41?,42?/m0/s1. The maximum atomic E-state index is 14.4. The summed E-state index contributed by atoms with van der Waals surface area (Å²) in [5.74, 6) is -1.15. The minimum absolute atomic E-state index is 0.000962. The van der Waals surface area contributed by atoms with Crippen LogP contribution in [0.5, 0.6) is 0 Å². The third-order valence-corrected chi connectivity index (χ3v) is 11.8. The lowest BCUT2D eigenvalue weighted by Gasteiger charge is -2.40. The van der Waals surface area contributed by atoms with Crippen LogP contribution in [-0.4, -0.2) is 194 Å². The van der Waals surface area contributed by atoms with E-state index in [1.54, 1.807) is 38.0 Å². The zero-order valence-electron chi connectivity index (χ0n) is 41.2. The SMILES string of the molecule is CCC(C)C(C(CC(=O)N1CCC[C@H]1C(OC)C(C)C(=O)NC(Cc1ccccc1)C(=O)NCCOCCOCCOCCN=[N+]=[N-])OC)N(C)C(=O)C(N=C(N(C)C)N(C)C)C(C)C. The zero-order chi connectivity index (χ0) is 48.5. The summed E-state index contributed by atoms with van der Waals surface area (Å²) in [4.78, 5) is 71.2. The Labute approximate surface area is 387 Å². The van der Waals surface area contributed by atoms with E-state index in [1.807, 2.05) is 82.2 Å². The van der Waals surface area contributed by atoms with Gasteiger partial charge >= 0.3 is 0 Å². The lowest BCUT2D eigenvalue weighted by atomic mass is 9.89. The van der Waals surface area contributed by atoms with Gasteiger partial charge in [0, 0.05) is 80.4 Å². The molecule has 7 unspecified atom stereocenters. The van der Waals surface area contributed by atoms with Gasteiger partial charge < -0.3 is 53.9 Å². The van der Waals surface area contributed by atoms with E-state index in [0.717, 1.165) is 18.4 Å². The summed E-state index contributed by atoms with van der Waals surface area (Å²) in [6.45, 7) is 12.8. The summed E-state index contributed by atoms with van der Waals surface area (Å²) in [7, 11) is 12.5. The van der Waals surface area contributed by atoms with Crippen LogP contribution in [0.15, 0.2) is 40.4 Å². The number of likely N-dealkylation sites (N-methyl/N-ethyl adjacent to an activating group) is 1. The molecule has 8 atom stereocenters. The molecule has 4 amide bonds. The van der Waals surface area contributed by atoms with Gasteiger partial charge in [-0.15, -0.1) is 0 Å². The van der Waals surface area contributed by atoms with Crippen molar-refractivity contribution in [3.8, 4) is 0 Å². The number of azide groups is 1. The van der Waals surface area contributed by atoms with E-state index in [4.69, 9.17) is 34.2 Å². The molecular weight excluding hydrogens is 837 g/mol. The number of carbonyl (C=O) groups is 4. The average Bonchev–Trinajstić information content (AvgIpc) is 3.77. The third-order valence-electron chi connectivity index (χ3n) is 11.8. The number of hydrogen-bond acceptors (Lipinski definition) is 11. The number of nitrogens with zero attached hydrogens (tertiary/aromatic N) is 8. The van der Waals surface area contributed by atoms with Crippen LogP contribution in [-0.2, 0) is 49.3 Å². The number of guanidine groups is 1. The van der Waals surface area contributed by atoms with Gasteiger partial charge in [0.1, 0.15) is 12.1 Å². The Bertz CT molecular complexity index is 1640. The second kappa shape index (κ2) is 30.6. The molecule has 65 heavy (non-hydrogen) atoms. The lowest BCUT2D eigenvalue weighted by molar-refractivity contribution is -0.146. The van der Waals surface area contributed by atoms with Crippen molar-refractivity contribution in [3.63, 3.8) is 0 Å². The number of nitrogens with one attached hydrogen (secondary N) is 2. The Balaban J connectivity index is 2.16. The molecule has 2 rings (SSSR count). The molecule has 1 aromatic rings. The van der Waals surface area contributed by atoms with Crippen LogP contribution in [0, 0.1) is 17.8 Å². The highest BCUT2D eigenvalue weighted by Gasteiger charge is 2.43. The van der Waals surface area contributed by atoms with Crippen molar-refractivity contribution in [1.29, 1.82) is 0 Å². The van der Waals surface area contributed by atoms with Gasteiger partial charge in [-0.2, -0.15) is 0 Å². The highest BCUT2D eigenvalue weighted by Crippen LogP contribution is 2.30. The van der Waals surface area contributed by atoms with Gasteiger partial charge in [0.25, 0.3) is 0 Å². The average molecular weight is 917 g/mol. The van der Waals surface area contributed by atoms with Crippen molar-refractivity contribution >= 4 is 29.6 Å². The van der Waals surface area contributed by atoms with Crippen LogP contribution in [0.25, 0.3) is 10.4 Å². The fraction of sp³-hybridized carbons (Fsp3) is 0.761. The fourth-order valence-corrected chi connectivity index (χ4v) is 8.18. The zero-order valence-corrected chi connectivity index (χ0v) is 41.2. The largest absolute Gasteiger partial charge is 0.379 e. The first-order valence-corrected chi connectivity index (χ1v) is 22.9. The molecule has 19 heteroatoms. The normalized spacial score (nSPS) is 16.9. The van der Waals surface area contributed by atoms with E-state index in [9.17, 15) is 19.2 Å². The highest BCUT2D eigenvalue weighted by atomic mass is 16.5. The lowest BCUT2D eigenvalue weighted by Crippen LogP contribution is -2.55. The first kappa shape index (κ1) is 56.6. The molecule has 0 aliphatic carbocycles. The molecule has 368 valence electrons. The van der Waals surface area contributed by atoms with Crippen LogP contribution < -0.4 is 10.6 Å². The molecule has 19 nitrogen and oxygen atoms in total. The molecule has 1 aromatic carbocycles. The van der Waals surface area contributed by atoms with Crippen LogP contribution in [0.1, 0.15) is 65.9 Å². The van der Waals surface area contributed by atoms with E-state index in [0.29, 0.717) is 52.0 Å². The van der Waals surface area contributed by atoms with Gasteiger partial charge in [0.05, 0.1) is 76.3 Å². The molecule has 1 saturated heterocycles. The Hall–Kier alpha value is -4.52. The fourth-order valence-electron chi connectivity index (χ4n) is 8.18. The molecule has 1 aliphatic rings. The first-order chi connectivity index (χ1) is 31.0. The molecule has 1 fully saturated rings. The molecule has 0 aromatic heterocycles. The number of hydrogen-bond donors (Lipinski definition) is 2. The summed E-state index contributed by atoms with van der Waals surface area (Å²) >= 11 is 0. The van der Waals surface area contributed by atoms with Gasteiger partial charge in [-0.3, -0.25) is 19.2 Å². The number of rotatable bonds is 30.